The summed E-state index contributed by atoms with van der Waals surface area (Å²) in [5.74, 6) is 0.0297. The van der Waals surface area contributed by atoms with E-state index in [1.807, 2.05) is 0 Å². The lowest BCUT2D eigenvalue weighted by molar-refractivity contribution is 0.102. The van der Waals surface area contributed by atoms with E-state index in [0.717, 1.165) is 11.3 Å². The molecule has 1 aromatic carbocycles. The Labute approximate surface area is 172 Å². The molecule has 0 spiro atoms. The number of methoxy groups -OCH3 is 1. The molecule has 0 bridgehead atoms. The second-order valence-corrected chi connectivity index (χ2v) is 8.66. The zero-order chi connectivity index (χ0) is 20.7. The van der Waals surface area contributed by atoms with E-state index in [1.165, 1.54) is 18.3 Å². The number of aromatic nitrogens is 1. The van der Waals surface area contributed by atoms with Gasteiger partial charge in [0.2, 0.25) is 5.88 Å². The van der Waals surface area contributed by atoms with E-state index in [0.29, 0.717) is 36.0 Å². The maximum atomic E-state index is 12.5. The topological polar surface area (TPSA) is 107 Å². The van der Waals surface area contributed by atoms with Gasteiger partial charge in [-0.1, -0.05) is 12.1 Å². The molecule has 8 nitrogen and oxygen atoms in total. The van der Waals surface area contributed by atoms with Crippen molar-refractivity contribution in [2.24, 2.45) is 0 Å². The molecule has 152 valence electrons. The molecule has 0 saturated heterocycles. The van der Waals surface area contributed by atoms with Crippen LogP contribution in [-0.4, -0.2) is 39.6 Å². The van der Waals surface area contributed by atoms with Crippen LogP contribution in [0.15, 0.2) is 64.3 Å². The van der Waals surface area contributed by atoms with E-state index in [1.54, 1.807) is 48.9 Å². The summed E-state index contributed by atoms with van der Waals surface area (Å²) >= 11 is 1.11. The normalized spacial score (nSPS) is 11.1. The van der Waals surface area contributed by atoms with Gasteiger partial charge in [0.05, 0.1) is 18.5 Å². The van der Waals surface area contributed by atoms with Crippen LogP contribution in [0.1, 0.15) is 10.4 Å². The summed E-state index contributed by atoms with van der Waals surface area (Å²) in [6.45, 7) is 0.829. The number of thiophene rings is 1. The number of carbonyl (C=O) groups is 1. The molecule has 0 unspecified atom stereocenters. The Hall–Kier alpha value is -2.95. The molecule has 1 amide bonds. The Morgan fingerprint density at radius 1 is 1.10 bits per heavy atom. The van der Waals surface area contributed by atoms with Crippen LogP contribution in [0, 0.1) is 0 Å². The molecule has 2 heterocycles. The summed E-state index contributed by atoms with van der Waals surface area (Å²) in [4.78, 5) is 16.6. The van der Waals surface area contributed by atoms with Crippen molar-refractivity contribution in [3.63, 3.8) is 0 Å². The van der Waals surface area contributed by atoms with Crippen LogP contribution in [-0.2, 0) is 14.8 Å². The van der Waals surface area contributed by atoms with Crippen LogP contribution in [0.25, 0.3) is 0 Å². The average molecular weight is 434 g/mol. The molecule has 3 rings (SSSR count). The van der Waals surface area contributed by atoms with E-state index in [2.05, 4.69) is 15.0 Å². The van der Waals surface area contributed by atoms with Crippen LogP contribution in [0.4, 0.5) is 11.4 Å². The van der Waals surface area contributed by atoms with Crippen LogP contribution in [0.2, 0.25) is 0 Å². The number of pyridine rings is 1. The van der Waals surface area contributed by atoms with Gasteiger partial charge in [-0.25, -0.2) is 13.4 Å². The standard InChI is InChI=1S/C19H19N3O5S2/c1-26-9-10-27-17-8-7-16(13-20-17)21-19(23)14-4-2-5-15(12-14)22-29(24,25)18-6-3-11-28-18/h2-8,11-13,22H,9-10H2,1H3,(H,21,23). The Kier molecular flexibility index (Phi) is 6.81. The zero-order valence-corrected chi connectivity index (χ0v) is 17.1. The predicted octanol–water partition coefficient (Wildman–Crippen LogP) is 3.22. The summed E-state index contributed by atoms with van der Waals surface area (Å²) in [5, 5.41) is 4.39. The first kappa shape index (κ1) is 20.8. The van der Waals surface area contributed by atoms with Crippen molar-refractivity contribution in [2.45, 2.75) is 4.21 Å². The number of amides is 1. The molecule has 2 aromatic heterocycles. The molecule has 0 atom stereocenters. The van der Waals surface area contributed by atoms with Gasteiger partial charge in [0.25, 0.3) is 15.9 Å². The van der Waals surface area contributed by atoms with Gasteiger partial charge in [-0.15, -0.1) is 11.3 Å². The highest BCUT2D eigenvalue weighted by molar-refractivity contribution is 7.94. The number of nitrogens with one attached hydrogen (secondary N) is 2. The third-order valence-corrected chi connectivity index (χ3v) is 6.45. The maximum Gasteiger partial charge on any atom is 0.271 e. The molecule has 0 radical (unpaired) electrons. The maximum absolute atomic E-state index is 12.5. The third kappa shape index (κ3) is 5.76. The first-order valence-corrected chi connectivity index (χ1v) is 10.9. The van der Waals surface area contributed by atoms with Crippen LogP contribution in [0.5, 0.6) is 5.88 Å². The summed E-state index contributed by atoms with van der Waals surface area (Å²) in [7, 11) is -2.10. The molecule has 0 aliphatic carbocycles. The number of hydrogen-bond acceptors (Lipinski definition) is 7. The van der Waals surface area contributed by atoms with Crippen molar-refractivity contribution in [2.75, 3.05) is 30.4 Å². The third-order valence-electron chi connectivity index (χ3n) is 3.67. The number of nitrogens with zero attached hydrogens (tertiary/aromatic N) is 1. The van der Waals surface area contributed by atoms with Gasteiger partial charge in [-0.2, -0.15) is 0 Å². The fourth-order valence-corrected chi connectivity index (χ4v) is 4.36. The van der Waals surface area contributed by atoms with Crippen molar-refractivity contribution in [3.8, 4) is 5.88 Å². The first-order chi connectivity index (χ1) is 14.0. The van der Waals surface area contributed by atoms with Gasteiger partial charge in [0.1, 0.15) is 10.8 Å². The SMILES string of the molecule is COCCOc1ccc(NC(=O)c2cccc(NS(=O)(=O)c3cccs3)c2)cn1. The molecule has 0 fully saturated rings. The Balaban J connectivity index is 1.65. The molecule has 2 N–H and O–H groups in total. The molecule has 0 aliphatic rings. The monoisotopic (exact) mass is 433 g/mol. The summed E-state index contributed by atoms with van der Waals surface area (Å²) in [6, 6.07) is 12.7. The minimum atomic E-state index is -3.68. The van der Waals surface area contributed by atoms with Gasteiger partial charge >= 0.3 is 0 Å². The lowest BCUT2D eigenvalue weighted by Gasteiger charge is -2.09. The number of anilines is 2. The van der Waals surface area contributed by atoms with E-state index in [4.69, 9.17) is 9.47 Å². The first-order valence-electron chi connectivity index (χ1n) is 8.53. The number of rotatable bonds is 9. The predicted molar refractivity (Wildman–Crippen MR) is 111 cm³/mol. The molecular formula is C19H19N3O5S2. The largest absolute Gasteiger partial charge is 0.475 e. The molecule has 3 aromatic rings. The highest BCUT2D eigenvalue weighted by atomic mass is 32.2. The number of benzene rings is 1. The van der Waals surface area contributed by atoms with E-state index < -0.39 is 15.9 Å². The highest BCUT2D eigenvalue weighted by Crippen LogP contribution is 2.21. The van der Waals surface area contributed by atoms with Crippen molar-refractivity contribution >= 4 is 38.6 Å². The Morgan fingerprint density at radius 3 is 2.66 bits per heavy atom. The lowest BCUT2D eigenvalue weighted by Crippen LogP contribution is -2.14. The second kappa shape index (κ2) is 9.50. The van der Waals surface area contributed by atoms with Crippen molar-refractivity contribution < 1.29 is 22.7 Å². The minimum absolute atomic E-state index is 0.200. The minimum Gasteiger partial charge on any atom is -0.475 e. The fraction of sp³-hybridized carbons (Fsp3) is 0.158. The van der Waals surface area contributed by atoms with E-state index in [-0.39, 0.29) is 4.21 Å². The smallest absolute Gasteiger partial charge is 0.271 e. The van der Waals surface area contributed by atoms with Gasteiger partial charge in [-0.05, 0) is 35.7 Å². The molecule has 29 heavy (non-hydrogen) atoms. The molecule has 10 heteroatoms. The van der Waals surface area contributed by atoms with E-state index >= 15 is 0 Å². The van der Waals surface area contributed by atoms with Crippen LogP contribution < -0.4 is 14.8 Å². The van der Waals surface area contributed by atoms with Crippen LogP contribution >= 0.6 is 11.3 Å². The molecule has 0 aliphatic heterocycles. The number of ether oxygens (including phenoxy) is 2. The van der Waals surface area contributed by atoms with Gasteiger partial charge < -0.3 is 14.8 Å². The number of hydrogen-bond donors (Lipinski definition) is 2. The summed E-state index contributed by atoms with van der Waals surface area (Å²) in [6.07, 6.45) is 1.48. The van der Waals surface area contributed by atoms with Gasteiger partial charge in [0, 0.05) is 24.4 Å². The average Bonchev–Trinajstić information content (AvgIpc) is 3.25. The number of carbonyl (C=O) groups excluding carboxylic acids is 1. The highest BCUT2D eigenvalue weighted by Gasteiger charge is 2.16. The number of sulfonamides is 1. The van der Waals surface area contributed by atoms with Crippen molar-refractivity contribution in [1.29, 1.82) is 0 Å². The Morgan fingerprint density at radius 2 is 1.97 bits per heavy atom. The second-order valence-electron chi connectivity index (χ2n) is 5.80. The van der Waals surface area contributed by atoms with Gasteiger partial charge in [0.15, 0.2) is 0 Å². The summed E-state index contributed by atoms with van der Waals surface area (Å²) < 4.78 is 37.6. The summed E-state index contributed by atoms with van der Waals surface area (Å²) in [5.41, 5.74) is 1.08. The molecule has 0 saturated carbocycles. The lowest BCUT2D eigenvalue weighted by atomic mass is 10.2. The van der Waals surface area contributed by atoms with Gasteiger partial charge in [-0.3, -0.25) is 9.52 Å². The van der Waals surface area contributed by atoms with Crippen molar-refractivity contribution in [3.05, 3.63) is 65.7 Å². The Bertz CT molecular complexity index is 1050. The van der Waals surface area contributed by atoms with Crippen LogP contribution in [0.3, 0.4) is 0 Å². The molecular weight excluding hydrogens is 414 g/mol. The zero-order valence-electron chi connectivity index (χ0n) is 15.5. The fourth-order valence-electron chi connectivity index (χ4n) is 2.32. The van der Waals surface area contributed by atoms with E-state index in [9.17, 15) is 13.2 Å². The van der Waals surface area contributed by atoms with Crippen molar-refractivity contribution in [1.82, 2.24) is 4.98 Å². The quantitative estimate of drug-likeness (QED) is 0.502.